The SMILES string of the molecule is CCCC[C@@H](N)Cc1cccc(OC)c1. The smallest absolute Gasteiger partial charge is 0.119 e. The summed E-state index contributed by atoms with van der Waals surface area (Å²) in [5, 5.41) is 0. The molecule has 1 aromatic rings. The molecule has 1 rings (SSSR count). The first-order valence-corrected chi connectivity index (χ1v) is 5.64. The third-order valence-corrected chi connectivity index (χ3v) is 2.56. The second-order valence-electron chi connectivity index (χ2n) is 3.96. The Morgan fingerprint density at radius 3 is 2.87 bits per heavy atom. The predicted molar refractivity (Wildman–Crippen MR) is 64.2 cm³/mol. The first kappa shape index (κ1) is 12.1. The molecule has 1 aromatic carbocycles. The van der Waals surface area contributed by atoms with Crippen molar-refractivity contribution in [2.45, 2.75) is 38.6 Å². The Morgan fingerprint density at radius 1 is 1.40 bits per heavy atom. The number of hydrogen-bond donors (Lipinski definition) is 1. The van der Waals surface area contributed by atoms with Crippen LogP contribution in [-0.4, -0.2) is 13.2 Å². The first-order valence-electron chi connectivity index (χ1n) is 5.64. The van der Waals surface area contributed by atoms with Crippen LogP contribution in [0.2, 0.25) is 0 Å². The summed E-state index contributed by atoms with van der Waals surface area (Å²) < 4.78 is 5.18. The molecule has 0 bridgehead atoms. The van der Waals surface area contributed by atoms with Crippen molar-refractivity contribution in [1.82, 2.24) is 0 Å². The van der Waals surface area contributed by atoms with Crippen molar-refractivity contribution >= 4 is 0 Å². The van der Waals surface area contributed by atoms with Crippen LogP contribution < -0.4 is 10.5 Å². The van der Waals surface area contributed by atoms with Crippen LogP contribution in [0.25, 0.3) is 0 Å². The molecule has 0 aliphatic heterocycles. The fourth-order valence-corrected chi connectivity index (χ4v) is 1.67. The molecule has 0 aliphatic rings. The van der Waals surface area contributed by atoms with Crippen molar-refractivity contribution in [3.8, 4) is 5.75 Å². The van der Waals surface area contributed by atoms with Crippen LogP contribution in [0.1, 0.15) is 31.7 Å². The zero-order valence-corrected chi connectivity index (χ0v) is 9.70. The molecule has 0 fully saturated rings. The third kappa shape index (κ3) is 4.34. The Balaban J connectivity index is 2.48. The highest BCUT2D eigenvalue weighted by Crippen LogP contribution is 2.14. The Morgan fingerprint density at radius 2 is 2.20 bits per heavy atom. The first-order chi connectivity index (χ1) is 7.26. The Kier molecular flexibility index (Phi) is 5.19. The van der Waals surface area contributed by atoms with E-state index in [0.29, 0.717) is 0 Å². The zero-order chi connectivity index (χ0) is 11.1. The number of ether oxygens (including phenoxy) is 1. The summed E-state index contributed by atoms with van der Waals surface area (Å²) in [5.74, 6) is 0.912. The fraction of sp³-hybridized carbons (Fsp3) is 0.538. The summed E-state index contributed by atoms with van der Waals surface area (Å²) in [5.41, 5.74) is 7.30. The summed E-state index contributed by atoms with van der Waals surface area (Å²) >= 11 is 0. The average Bonchev–Trinajstić information content (AvgIpc) is 2.26. The lowest BCUT2D eigenvalue weighted by atomic mass is 10.0. The largest absolute Gasteiger partial charge is 0.497 e. The normalized spacial score (nSPS) is 12.5. The van der Waals surface area contributed by atoms with Crippen molar-refractivity contribution in [1.29, 1.82) is 0 Å². The standard InChI is InChI=1S/C13H21NO/c1-3-4-7-12(14)9-11-6-5-8-13(10-11)15-2/h5-6,8,10,12H,3-4,7,9,14H2,1-2H3/t12-/m1/s1. The molecular weight excluding hydrogens is 186 g/mol. The highest BCUT2D eigenvalue weighted by Gasteiger charge is 2.04. The van der Waals surface area contributed by atoms with Gasteiger partial charge in [0.25, 0.3) is 0 Å². The van der Waals surface area contributed by atoms with Crippen LogP contribution in [0.4, 0.5) is 0 Å². The molecule has 0 heterocycles. The maximum atomic E-state index is 6.04. The van der Waals surface area contributed by atoms with E-state index in [0.717, 1.165) is 18.6 Å². The van der Waals surface area contributed by atoms with Crippen LogP contribution >= 0.6 is 0 Å². The second kappa shape index (κ2) is 6.46. The predicted octanol–water partition coefficient (Wildman–Crippen LogP) is 2.76. The average molecular weight is 207 g/mol. The van der Waals surface area contributed by atoms with Gasteiger partial charge in [0.1, 0.15) is 5.75 Å². The summed E-state index contributed by atoms with van der Waals surface area (Å²) in [6.45, 7) is 2.19. The number of nitrogens with two attached hydrogens (primary N) is 1. The summed E-state index contributed by atoms with van der Waals surface area (Å²) in [6.07, 6.45) is 4.47. The van der Waals surface area contributed by atoms with Crippen LogP contribution in [0.5, 0.6) is 5.75 Å². The summed E-state index contributed by atoms with van der Waals surface area (Å²) in [6, 6.07) is 8.42. The van der Waals surface area contributed by atoms with Crippen LogP contribution in [0, 0.1) is 0 Å². The number of hydrogen-bond acceptors (Lipinski definition) is 2. The number of methoxy groups -OCH3 is 1. The van der Waals surface area contributed by atoms with Crippen molar-refractivity contribution in [3.63, 3.8) is 0 Å². The maximum Gasteiger partial charge on any atom is 0.119 e. The van der Waals surface area contributed by atoms with Gasteiger partial charge in [0.05, 0.1) is 7.11 Å². The van der Waals surface area contributed by atoms with Gasteiger partial charge in [-0.1, -0.05) is 31.9 Å². The number of rotatable bonds is 6. The molecule has 0 spiro atoms. The van der Waals surface area contributed by atoms with Gasteiger partial charge < -0.3 is 10.5 Å². The lowest BCUT2D eigenvalue weighted by molar-refractivity contribution is 0.414. The van der Waals surface area contributed by atoms with Crippen LogP contribution in [-0.2, 0) is 6.42 Å². The quantitative estimate of drug-likeness (QED) is 0.778. The fourth-order valence-electron chi connectivity index (χ4n) is 1.67. The topological polar surface area (TPSA) is 35.2 Å². The number of benzene rings is 1. The van der Waals surface area contributed by atoms with E-state index in [1.54, 1.807) is 7.11 Å². The van der Waals surface area contributed by atoms with Crippen molar-refractivity contribution in [2.24, 2.45) is 5.73 Å². The third-order valence-electron chi connectivity index (χ3n) is 2.56. The van der Waals surface area contributed by atoms with E-state index in [4.69, 9.17) is 10.5 Å². The molecule has 2 heteroatoms. The van der Waals surface area contributed by atoms with Crippen molar-refractivity contribution in [2.75, 3.05) is 7.11 Å². The van der Waals surface area contributed by atoms with Gasteiger partial charge in [-0.3, -0.25) is 0 Å². The molecular formula is C13H21NO. The Hall–Kier alpha value is -1.02. The zero-order valence-electron chi connectivity index (χ0n) is 9.70. The summed E-state index contributed by atoms with van der Waals surface area (Å²) in [7, 11) is 1.69. The van der Waals surface area contributed by atoms with E-state index in [9.17, 15) is 0 Å². The summed E-state index contributed by atoms with van der Waals surface area (Å²) in [4.78, 5) is 0. The molecule has 0 saturated heterocycles. The Labute approximate surface area is 92.4 Å². The minimum Gasteiger partial charge on any atom is -0.497 e. The minimum absolute atomic E-state index is 0.275. The molecule has 84 valence electrons. The maximum absolute atomic E-state index is 6.04. The van der Waals surface area contributed by atoms with Crippen LogP contribution in [0.3, 0.4) is 0 Å². The highest BCUT2D eigenvalue weighted by atomic mass is 16.5. The van der Waals surface area contributed by atoms with E-state index in [2.05, 4.69) is 19.1 Å². The molecule has 1 atom stereocenters. The monoisotopic (exact) mass is 207 g/mol. The molecule has 0 aliphatic carbocycles. The van der Waals surface area contributed by atoms with E-state index in [1.165, 1.54) is 18.4 Å². The molecule has 0 saturated carbocycles. The van der Waals surface area contributed by atoms with Crippen LogP contribution in [0.15, 0.2) is 24.3 Å². The van der Waals surface area contributed by atoms with Gasteiger partial charge in [-0.25, -0.2) is 0 Å². The Bertz CT molecular complexity index is 286. The molecule has 0 aromatic heterocycles. The lowest BCUT2D eigenvalue weighted by Gasteiger charge is -2.11. The molecule has 0 unspecified atom stereocenters. The van der Waals surface area contributed by atoms with E-state index in [-0.39, 0.29) is 6.04 Å². The van der Waals surface area contributed by atoms with Crippen molar-refractivity contribution < 1.29 is 4.74 Å². The van der Waals surface area contributed by atoms with Gasteiger partial charge in [-0.15, -0.1) is 0 Å². The van der Waals surface area contributed by atoms with E-state index < -0.39 is 0 Å². The van der Waals surface area contributed by atoms with Gasteiger partial charge in [-0.2, -0.15) is 0 Å². The van der Waals surface area contributed by atoms with Gasteiger partial charge in [0, 0.05) is 6.04 Å². The second-order valence-corrected chi connectivity index (χ2v) is 3.96. The molecule has 2 nitrogen and oxygen atoms in total. The molecule has 0 amide bonds. The van der Waals surface area contributed by atoms with E-state index >= 15 is 0 Å². The van der Waals surface area contributed by atoms with Gasteiger partial charge in [-0.05, 0) is 30.5 Å². The lowest BCUT2D eigenvalue weighted by Crippen LogP contribution is -2.22. The van der Waals surface area contributed by atoms with Gasteiger partial charge in [0.2, 0.25) is 0 Å². The van der Waals surface area contributed by atoms with Gasteiger partial charge >= 0.3 is 0 Å². The molecule has 2 N–H and O–H groups in total. The number of unbranched alkanes of at least 4 members (excludes halogenated alkanes) is 1. The molecule has 15 heavy (non-hydrogen) atoms. The van der Waals surface area contributed by atoms with Crippen molar-refractivity contribution in [3.05, 3.63) is 29.8 Å². The minimum atomic E-state index is 0.275. The highest BCUT2D eigenvalue weighted by molar-refractivity contribution is 5.28. The van der Waals surface area contributed by atoms with E-state index in [1.807, 2.05) is 12.1 Å². The molecule has 0 radical (unpaired) electrons. The van der Waals surface area contributed by atoms with Gasteiger partial charge in [0.15, 0.2) is 0 Å².